The lowest BCUT2D eigenvalue weighted by atomic mass is 10.1. The van der Waals surface area contributed by atoms with Crippen molar-refractivity contribution in [2.75, 3.05) is 5.01 Å². The fraction of sp³-hybridized carbons (Fsp3) is 0.364. The Hall–Kier alpha value is -2.62. The van der Waals surface area contributed by atoms with E-state index in [2.05, 4.69) is 29.6 Å². The Balaban J connectivity index is 1.68. The normalized spacial score (nSPS) is 19.7. The summed E-state index contributed by atoms with van der Waals surface area (Å²) in [6.45, 7) is 6.24. The van der Waals surface area contributed by atoms with Crippen LogP contribution in [0.25, 0.3) is 6.08 Å². The third-order valence-electron chi connectivity index (χ3n) is 5.58. The Morgan fingerprint density at radius 3 is 2.46 bits per heavy atom. The summed E-state index contributed by atoms with van der Waals surface area (Å²) in [5.41, 5.74) is 5.91. The molecular formula is C22H25N3O. The third-order valence-corrected chi connectivity index (χ3v) is 5.58. The summed E-state index contributed by atoms with van der Waals surface area (Å²) in [6, 6.07) is 12.4. The summed E-state index contributed by atoms with van der Waals surface area (Å²) in [6.07, 6.45) is 7.15. The van der Waals surface area contributed by atoms with E-state index in [4.69, 9.17) is 0 Å². The number of rotatable bonds is 3. The van der Waals surface area contributed by atoms with Crippen molar-refractivity contribution in [1.29, 1.82) is 0 Å². The minimum atomic E-state index is -0.0561. The van der Waals surface area contributed by atoms with Crippen LogP contribution in [0.2, 0.25) is 0 Å². The van der Waals surface area contributed by atoms with Crippen molar-refractivity contribution >= 4 is 23.4 Å². The van der Waals surface area contributed by atoms with Crippen LogP contribution in [0.1, 0.15) is 55.6 Å². The Morgan fingerprint density at radius 1 is 1.08 bits per heavy atom. The molecular weight excluding hydrogens is 322 g/mol. The van der Waals surface area contributed by atoms with Crippen LogP contribution >= 0.6 is 0 Å². The minimum absolute atomic E-state index is 0.0561. The first-order valence-electron chi connectivity index (χ1n) is 9.41. The molecule has 2 heterocycles. The molecule has 0 radical (unpaired) electrons. The van der Waals surface area contributed by atoms with Crippen LogP contribution in [0.3, 0.4) is 0 Å². The predicted molar refractivity (Wildman–Crippen MR) is 106 cm³/mol. The molecule has 0 saturated heterocycles. The second kappa shape index (κ2) is 6.60. The molecule has 1 aliphatic heterocycles. The fourth-order valence-corrected chi connectivity index (χ4v) is 4.26. The second-order valence-corrected chi connectivity index (χ2v) is 7.33. The predicted octanol–water partition coefficient (Wildman–Crippen LogP) is 5.03. The van der Waals surface area contributed by atoms with Crippen LogP contribution in [0.4, 0.5) is 5.69 Å². The number of carbonyl (C=O) groups is 1. The van der Waals surface area contributed by atoms with Crippen molar-refractivity contribution in [1.82, 2.24) is 4.57 Å². The Kier molecular flexibility index (Phi) is 4.27. The number of para-hydroxylation sites is 1. The molecule has 1 fully saturated rings. The number of hydrogen-bond acceptors (Lipinski definition) is 2. The number of hydrazone groups is 1. The quantitative estimate of drug-likeness (QED) is 0.718. The fourth-order valence-electron chi connectivity index (χ4n) is 4.26. The van der Waals surface area contributed by atoms with Crippen molar-refractivity contribution in [2.45, 2.75) is 52.5 Å². The summed E-state index contributed by atoms with van der Waals surface area (Å²) in [7, 11) is 0. The Morgan fingerprint density at radius 2 is 1.77 bits per heavy atom. The number of nitrogens with zero attached hydrogens (tertiary/aromatic N) is 3. The van der Waals surface area contributed by atoms with Crippen molar-refractivity contribution in [3.8, 4) is 0 Å². The molecule has 0 bridgehead atoms. The molecule has 4 heteroatoms. The first-order valence-corrected chi connectivity index (χ1v) is 9.41. The Bertz CT molecular complexity index is 899. The van der Waals surface area contributed by atoms with E-state index in [0.717, 1.165) is 17.0 Å². The third kappa shape index (κ3) is 2.79. The number of aryl methyl sites for hydroxylation is 1. The van der Waals surface area contributed by atoms with E-state index >= 15 is 0 Å². The van der Waals surface area contributed by atoms with Gasteiger partial charge in [0.05, 0.1) is 17.0 Å². The molecule has 1 saturated carbocycles. The van der Waals surface area contributed by atoms with Gasteiger partial charge in [-0.25, -0.2) is 0 Å². The van der Waals surface area contributed by atoms with E-state index in [1.165, 1.54) is 42.1 Å². The number of amides is 1. The van der Waals surface area contributed by atoms with Gasteiger partial charge in [-0.3, -0.25) is 4.79 Å². The molecule has 1 aromatic carbocycles. The first-order chi connectivity index (χ1) is 12.6. The van der Waals surface area contributed by atoms with E-state index in [-0.39, 0.29) is 5.91 Å². The van der Waals surface area contributed by atoms with Crippen LogP contribution in [0, 0.1) is 13.8 Å². The van der Waals surface area contributed by atoms with Crippen LogP contribution in [-0.2, 0) is 4.79 Å². The van der Waals surface area contributed by atoms with Gasteiger partial charge in [-0.05, 0) is 63.5 Å². The SMILES string of the molecule is CC1=NN(c2ccccc2)C(=O)C1=Cc1cc(C)n(C2CCCC2)c1C. The number of benzene rings is 1. The molecule has 4 nitrogen and oxygen atoms in total. The van der Waals surface area contributed by atoms with E-state index in [1.54, 1.807) is 0 Å². The number of hydrogen-bond donors (Lipinski definition) is 0. The highest BCUT2D eigenvalue weighted by molar-refractivity contribution is 6.32. The van der Waals surface area contributed by atoms with Gasteiger partial charge in [-0.15, -0.1) is 0 Å². The molecule has 2 aromatic rings. The first kappa shape index (κ1) is 16.8. The van der Waals surface area contributed by atoms with Gasteiger partial charge in [0.15, 0.2) is 0 Å². The molecule has 0 atom stereocenters. The van der Waals surface area contributed by atoms with Gasteiger partial charge < -0.3 is 4.57 Å². The van der Waals surface area contributed by atoms with E-state index in [9.17, 15) is 4.79 Å². The van der Waals surface area contributed by atoms with Crippen molar-refractivity contribution < 1.29 is 4.79 Å². The summed E-state index contributed by atoms with van der Waals surface area (Å²) in [5.74, 6) is -0.0561. The largest absolute Gasteiger partial charge is 0.346 e. The van der Waals surface area contributed by atoms with Crippen LogP contribution in [0.15, 0.2) is 47.1 Å². The number of carbonyl (C=O) groups excluding carboxylic acids is 1. The number of anilines is 1. The maximum Gasteiger partial charge on any atom is 0.280 e. The van der Waals surface area contributed by atoms with Crippen molar-refractivity contribution in [3.05, 3.63) is 58.9 Å². The van der Waals surface area contributed by atoms with Gasteiger partial charge in [-0.2, -0.15) is 10.1 Å². The smallest absolute Gasteiger partial charge is 0.280 e. The van der Waals surface area contributed by atoms with Crippen molar-refractivity contribution in [2.24, 2.45) is 5.10 Å². The van der Waals surface area contributed by atoms with Gasteiger partial charge in [0.2, 0.25) is 0 Å². The zero-order chi connectivity index (χ0) is 18.3. The maximum atomic E-state index is 12.9. The molecule has 0 N–H and O–H groups in total. The molecule has 0 unspecified atom stereocenters. The van der Waals surface area contributed by atoms with Crippen LogP contribution < -0.4 is 5.01 Å². The molecule has 0 spiro atoms. The Labute approximate surface area is 154 Å². The molecule has 1 aliphatic carbocycles. The summed E-state index contributed by atoms with van der Waals surface area (Å²) >= 11 is 0. The summed E-state index contributed by atoms with van der Waals surface area (Å²) < 4.78 is 2.46. The summed E-state index contributed by atoms with van der Waals surface area (Å²) in [5, 5.41) is 5.98. The molecule has 2 aliphatic rings. The molecule has 134 valence electrons. The van der Waals surface area contributed by atoms with E-state index in [0.29, 0.717) is 11.6 Å². The lowest BCUT2D eigenvalue weighted by Crippen LogP contribution is -2.21. The second-order valence-electron chi connectivity index (χ2n) is 7.33. The van der Waals surface area contributed by atoms with Gasteiger partial charge in [0.25, 0.3) is 5.91 Å². The van der Waals surface area contributed by atoms with Gasteiger partial charge >= 0.3 is 0 Å². The maximum absolute atomic E-state index is 12.9. The highest BCUT2D eigenvalue weighted by Crippen LogP contribution is 2.34. The lowest BCUT2D eigenvalue weighted by molar-refractivity contribution is -0.114. The zero-order valence-electron chi connectivity index (χ0n) is 15.7. The summed E-state index contributed by atoms with van der Waals surface area (Å²) in [4.78, 5) is 12.9. The average Bonchev–Trinajstić information content (AvgIpc) is 3.32. The van der Waals surface area contributed by atoms with Crippen LogP contribution in [-0.4, -0.2) is 16.2 Å². The lowest BCUT2D eigenvalue weighted by Gasteiger charge is -2.17. The molecule has 1 aromatic heterocycles. The highest BCUT2D eigenvalue weighted by atomic mass is 16.2. The van der Waals surface area contributed by atoms with E-state index < -0.39 is 0 Å². The monoisotopic (exact) mass is 347 g/mol. The topological polar surface area (TPSA) is 37.6 Å². The number of aromatic nitrogens is 1. The van der Waals surface area contributed by atoms with Gasteiger partial charge in [0.1, 0.15) is 0 Å². The molecule has 4 rings (SSSR count). The van der Waals surface area contributed by atoms with Gasteiger partial charge in [-0.1, -0.05) is 31.0 Å². The standard InChI is InChI=1S/C22H25N3O/c1-15-13-18(17(3)24(15)19-9-7-8-10-19)14-21-16(2)23-25(22(21)26)20-11-5-4-6-12-20/h4-6,11-14,19H,7-10H2,1-3H3. The van der Waals surface area contributed by atoms with Gasteiger partial charge in [0, 0.05) is 17.4 Å². The van der Waals surface area contributed by atoms with E-state index in [1.807, 2.05) is 43.3 Å². The molecule has 26 heavy (non-hydrogen) atoms. The minimum Gasteiger partial charge on any atom is -0.346 e. The van der Waals surface area contributed by atoms with Crippen molar-refractivity contribution in [3.63, 3.8) is 0 Å². The zero-order valence-corrected chi connectivity index (χ0v) is 15.7. The van der Waals surface area contributed by atoms with Crippen LogP contribution in [0.5, 0.6) is 0 Å². The average molecular weight is 347 g/mol. The highest BCUT2D eigenvalue weighted by Gasteiger charge is 2.29. The molecule has 1 amide bonds.